The van der Waals surface area contributed by atoms with E-state index >= 15 is 0 Å². The predicted octanol–water partition coefficient (Wildman–Crippen LogP) is 4.92. The van der Waals surface area contributed by atoms with Gasteiger partial charge >= 0.3 is 5.97 Å². The van der Waals surface area contributed by atoms with Crippen LogP contribution < -0.4 is 0 Å². The van der Waals surface area contributed by atoms with Crippen molar-refractivity contribution in [1.29, 1.82) is 0 Å². The number of aliphatic carboxylic acids is 1. The lowest BCUT2D eigenvalue weighted by atomic mass is 10.0. The molecule has 1 fully saturated rings. The number of aromatic nitrogens is 2. The van der Waals surface area contributed by atoms with E-state index in [1.807, 2.05) is 18.2 Å². The normalized spacial score (nSPS) is 15.2. The number of rotatable bonds is 3. The van der Waals surface area contributed by atoms with Crippen molar-refractivity contribution in [3.05, 3.63) is 95.6 Å². The van der Waals surface area contributed by atoms with Gasteiger partial charge in [-0.1, -0.05) is 17.9 Å². The number of benzene rings is 2. The highest BCUT2D eigenvalue weighted by atomic mass is 19.1. The molecule has 6 nitrogen and oxygen atoms in total. The van der Waals surface area contributed by atoms with Gasteiger partial charge in [-0.15, -0.1) is 0 Å². The fraction of sp³-hybridized carbons (Fsp3) is 0.172. The van der Waals surface area contributed by atoms with Crippen molar-refractivity contribution in [3.63, 3.8) is 0 Å². The van der Waals surface area contributed by atoms with Gasteiger partial charge in [-0.25, -0.2) is 14.2 Å². The zero-order chi connectivity index (χ0) is 25.1. The summed E-state index contributed by atoms with van der Waals surface area (Å²) in [6, 6.07) is 16.2. The molecular weight excluding hydrogens is 457 g/mol. The van der Waals surface area contributed by atoms with Gasteiger partial charge in [-0.3, -0.25) is 9.78 Å². The molecule has 178 valence electrons. The molecular formula is C29H22FN3O3. The lowest BCUT2D eigenvalue weighted by molar-refractivity contribution is -0.143. The van der Waals surface area contributed by atoms with Crippen molar-refractivity contribution in [3.8, 4) is 23.1 Å². The lowest BCUT2D eigenvalue weighted by Crippen LogP contribution is -2.47. The van der Waals surface area contributed by atoms with Crippen molar-refractivity contribution in [1.82, 2.24) is 14.9 Å². The zero-order valence-electron chi connectivity index (χ0n) is 19.3. The van der Waals surface area contributed by atoms with Crippen molar-refractivity contribution >= 4 is 22.8 Å². The molecule has 1 aliphatic rings. The minimum absolute atomic E-state index is 0.251. The monoisotopic (exact) mass is 479 g/mol. The van der Waals surface area contributed by atoms with E-state index in [1.54, 1.807) is 48.8 Å². The van der Waals surface area contributed by atoms with Crippen LogP contribution in [0.25, 0.3) is 22.2 Å². The number of carbonyl (C=O) groups excluding carboxylic acids is 1. The molecule has 4 aromatic rings. The largest absolute Gasteiger partial charge is 0.480 e. The molecule has 0 saturated carbocycles. The number of pyridine rings is 2. The van der Waals surface area contributed by atoms with Crippen LogP contribution in [0, 0.1) is 17.7 Å². The number of likely N-dealkylation sites (tertiary alicyclic amines) is 1. The zero-order valence-corrected chi connectivity index (χ0v) is 19.3. The van der Waals surface area contributed by atoms with Crippen LogP contribution in [-0.4, -0.2) is 44.4 Å². The number of amides is 1. The van der Waals surface area contributed by atoms with E-state index in [0.717, 1.165) is 23.7 Å². The first-order valence-electron chi connectivity index (χ1n) is 11.7. The number of piperidine rings is 1. The summed E-state index contributed by atoms with van der Waals surface area (Å²) in [6.07, 6.45) is 5.44. The molecule has 5 rings (SSSR count). The van der Waals surface area contributed by atoms with Crippen molar-refractivity contribution in [2.75, 3.05) is 6.54 Å². The van der Waals surface area contributed by atoms with E-state index in [-0.39, 0.29) is 11.5 Å². The number of carbonyl (C=O) groups is 2. The Morgan fingerprint density at radius 3 is 2.61 bits per heavy atom. The lowest BCUT2D eigenvalue weighted by Gasteiger charge is -2.33. The maximum Gasteiger partial charge on any atom is 0.326 e. The molecule has 7 heteroatoms. The van der Waals surface area contributed by atoms with E-state index < -0.39 is 17.8 Å². The highest BCUT2D eigenvalue weighted by Crippen LogP contribution is 2.23. The third kappa shape index (κ3) is 4.80. The van der Waals surface area contributed by atoms with Crippen LogP contribution in [0.3, 0.4) is 0 Å². The summed E-state index contributed by atoms with van der Waals surface area (Å²) < 4.78 is 14.8. The van der Waals surface area contributed by atoms with Crippen LogP contribution in [0.15, 0.2) is 73.1 Å². The van der Waals surface area contributed by atoms with Crippen molar-refractivity contribution in [2.45, 2.75) is 25.3 Å². The Morgan fingerprint density at radius 1 is 1.00 bits per heavy atom. The average molecular weight is 480 g/mol. The van der Waals surface area contributed by atoms with E-state index in [0.29, 0.717) is 35.3 Å². The first-order chi connectivity index (χ1) is 17.5. The summed E-state index contributed by atoms with van der Waals surface area (Å²) in [5.74, 6) is 4.04. The van der Waals surface area contributed by atoms with E-state index in [1.165, 1.54) is 11.0 Å². The Morgan fingerprint density at radius 2 is 1.83 bits per heavy atom. The third-order valence-corrected chi connectivity index (χ3v) is 6.28. The fourth-order valence-corrected chi connectivity index (χ4v) is 4.33. The summed E-state index contributed by atoms with van der Waals surface area (Å²) in [7, 11) is 0. The van der Waals surface area contributed by atoms with E-state index in [9.17, 15) is 19.1 Å². The molecule has 2 aromatic carbocycles. The fourth-order valence-electron chi connectivity index (χ4n) is 4.33. The third-order valence-electron chi connectivity index (χ3n) is 6.28. The Hall–Kier alpha value is -4.57. The Bertz CT molecular complexity index is 1520. The Balaban J connectivity index is 1.32. The summed E-state index contributed by atoms with van der Waals surface area (Å²) in [4.78, 5) is 34.4. The van der Waals surface area contributed by atoms with Gasteiger partial charge in [0.15, 0.2) is 0 Å². The molecule has 1 atom stereocenters. The number of hydrogen-bond donors (Lipinski definition) is 1. The van der Waals surface area contributed by atoms with Gasteiger partial charge in [0.25, 0.3) is 5.91 Å². The highest BCUT2D eigenvalue weighted by Gasteiger charge is 2.32. The maximum atomic E-state index is 14.8. The molecule has 1 saturated heterocycles. The standard InChI is InChI=1S/C29H22FN3O3/c30-24-17-22(25-13-12-23-18-31-15-14-26(23)32-25)11-10-20(24)7-4-19-5-8-21(9-6-19)28(34)33-16-2-1-3-27(33)29(35)36/h5-6,8-15,17-18,27H,1-3,16H2,(H,35,36). The topological polar surface area (TPSA) is 83.4 Å². The average Bonchev–Trinajstić information content (AvgIpc) is 2.92. The number of nitrogens with zero attached hydrogens (tertiary/aromatic N) is 3. The molecule has 1 aliphatic heterocycles. The quantitative estimate of drug-likeness (QED) is 0.422. The van der Waals surface area contributed by atoms with Gasteiger partial charge in [0.1, 0.15) is 11.9 Å². The summed E-state index contributed by atoms with van der Waals surface area (Å²) in [5.41, 5.74) is 3.37. The SMILES string of the molecule is O=C(O)C1CCCCN1C(=O)c1ccc(C#Cc2ccc(-c3ccc4cnccc4n3)cc2F)cc1. The first kappa shape index (κ1) is 23.2. The van der Waals surface area contributed by atoms with Crippen LogP contribution in [0.4, 0.5) is 4.39 Å². The van der Waals surface area contributed by atoms with Gasteiger partial charge in [-0.2, -0.15) is 0 Å². The molecule has 0 radical (unpaired) electrons. The summed E-state index contributed by atoms with van der Waals surface area (Å²) in [5, 5.41) is 10.3. The van der Waals surface area contributed by atoms with Crippen LogP contribution in [0.1, 0.15) is 40.7 Å². The Kier molecular flexibility index (Phi) is 6.42. The molecule has 0 aliphatic carbocycles. The van der Waals surface area contributed by atoms with Gasteiger partial charge in [0.05, 0.1) is 16.8 Å². The second-order valence-electron chi connectivity index (χ2n) is 8.64. The number of halogens is 1. The molecule has 3 heterocycles. The van der Waals surface area contributed by atoms with Gasteiger partial charge in [-0.05, 0) is 73.9 Å². The van der Waals surface area contributed by atoms with Crippen molar-refractivity contribution < 1.29 is 19.1 Å². The highest BCUT2D eigenvalue weighted by molar-refractivity contribution is 5.96. The van der Waals surface area contributed by atoms with E-state index in [4.69, 9.17) is 0 Å². The number of carboxylic acid groups (broad SMARTS) is 1. The van der Waals surface area contributed by atoms with Crippen LogP contribution in [0.5, 0.6) is 0 Å². The van der Waals surface area contributed by atoms with Gasteiger partial charge < -0.3 is 10.0 Å². The van der Waals surface area contributed by atoms with Gasteiger partial charge in [0, 0.05) is 41.0 Å². The summed E-state index contributed by atoms with van der Waals surface area (Å²) in [6.45, 7) is 0.429. The van der Waals surface area contributed by atoms with Crippen LogP contribution in [0.2, 0.25) is 0 Å². The number of carboxylic acids is 1. The second-order valence-corrected chi connectivity index (χ2v) is 8.64. The van der Waals surface area contributed by atoms with Crippen molar-refractivity contribution in [2.24, 2.45) is 0 Å². The molecule has 1 unspecified atom stereocenters. The van der Waals surface area contributed by atoms with E-state index in [2.05, 4.69) is 21.8 Å². The maximum absolute atomic E-state index is 14.8. The Labute approximate surface area is 207 Å². The number of fused-ring (bicyclic) bond motifs is 1. The second kappa shape index (κ2) is 9.96. The van der Waals surface area contributed by atoms with Crippen LogP contribution >= 0.6 is 0 Å². The molecule has 2 aromatic heterocycles. The molecule has 0 spiro atoms. The molecule has 36 heavy (non-hydrogen) atoms. The predicted molar refractivity (Wildman–Crippen MR) is 134 cm³/mol. The van der Waals surface area contributed by atoms with Gasteiger partial charge in [0.2, 0.25) is 0 Å². The summed E-state index contributed by atoms with van der Waals surface area (Å²) >= 11 is 0. The smallest absolute Gasteiger partial charge is 0.326 e. The molecule has 0 bridgehead atoms. The number of hydrogen-bond acceptors (Lipinski definition) is 4. The minimum Gasteiger partial charge on any atom is -0.480 e. The first-order valence-corrected chi connectivity index (χ1v) is 11.7. The van der Waals surface area contributed by atoms with Crippen LogP contribution in [-0.2, 0) is 4.79 Å². The minimum atomic E-state index is -0.979. The molecule has 1 N–H and O–H groups in total. The molecule has 1 amide bonds.